The highest BCUT2D eigenvalue weighted by atomic mass is 16.5. The number of methoxy groups -OCH3 is 3. The van der Waals surface area contributed by atoms with Crippen LogP contribution < -0.4 is 24.4 Å². The zero-order chi connectivity index (χ0) is 22.1. The first-order valence-electron chi connectivity index (χ1n) is 9.17. The smallest absolute Gasteiger partial charge is 0.343 e. The third kappa shape index (κ3) is 3.48. The quantitative estimate of drug-likeness (QED) is 0.293. The Kier molecular flexibility index (Phi) is 5.12. The largest absolute Gasteiger partial charge is 0.507 e. The van der Waals surface area contributed by atoms with E-state index in [0.29, 0.717) is 16.7 Å². The molecule has 0 saturated heterocycles. The zero-order valence-corrected chi connectivity index (χ0v) is 16.9. The Labute approximate surface area is 176 Å². The van der Waals surface area contributed by atoms with Crippen LogP contribution in [0.25, 0.3) is 21.9 Å². The highest BCUT2D eigenvalue weighted by Gasteiger charge is 2.20. The van der Waals surface area contributed by atoms with Crippen molar-refractivity contribution in [2.45, 2.75) is 0 Å². The molecule has 0 spiro atoms. The number of rotatable bonds is 5. The lowest BCUT2D eigenvalue weighted by molar-refractivity contribution is 0.0734. The van der Waals surface area contributed by atoms with Crippen LogP contribution in [-0.4, -0.2) is 32.4 Å². The summed E-state index contributed by atoms with van der Waals surface area (Å²) in [5, 5.41) is 10.7. The first-order valence-corrected chi connectivity index (χ1v) is 9.17. The summed E-state index contributed by atoms with van der Waals surface area (Å²) in [6.07, 6.45) is 0. The minimum Gasteiger partial charge on any atom is -0.507 e. The number of esters is 1. The number of fused-ring (bicyclic) bond motifs is 2. The average molecular weight is 422 g/mol. The average Bonchev–Trinajstić information content (AvgIpc) is 2.77. The van der Waals surface area contributed by atoms with Gasteiger partial charge in [0, 0.05) is 12.1 Å². The van der Waals surface area contributed by atoms with Crippen molar-refractivity contribution in [3.05, 3.63) is 64.3 Å². The predicted octanol–water partition coefficient (Wildman–Crippen LogP) is 3.90. The molecule has 4 rings (SSSR count). The van der Waals surface area contributed by atoms with E-state index in [0.717, 1.165) is 0 Å². The van der Waals surface area contributed by atoms with Gasteiger partial charge in [-0.25, -0.2) is 4.79 Å². The molecular weight excluding hydrogens is 404 g/mol. The molecule has 0 aliphatic carbocycles. The maximum atomic E-state index is 12.7. The fourth-order valence-corrected chi connectivity index (χ4v) is 3.31. The van der Waals surface area contributed by atoms with Gasteiger partial charge in [0.25, 0.3) is 0 Å². The van der Waals surface area contributed by atoms with Gasteiger partial charge in [0.2, 0.25) is 11.2 Å². The lowest BCUT2D eigenvalue weighted by Gasteiger charge is -2.14. The maximum absolute atomic E-state index is 12.7. The minimum absolute atomic E-state index is 0.00202. The lowest BCUT2D eigenvalue weighted by atomic mass is 10.1. The molecule has 1 N–H and O–H groups in total. The van der Waals surface area contributed by atoms with Gasteiger partial charge in [0.15, 0.2) is 11.5 Å². The Balaban J connectivity index is 1.76. The fourth-order valence-electron chi connectivity index (χ4n) is 3.31. The van der Waals surface area contributed by atoms with Gasteiger partial charge in [-0.2, -0.15) is 0 Å². The number of carbonyl (C=O) groups is 1. The standard InChI is InChI=1S/C23H18O8/c1-27-18-8-12(9-19(28-2)22(18)29-3)23(26)30-13-10-15(24)20-17(11-13)31-16-7-5-4-6-14(16)21(20)25/h4-11,24H,1-3H3. The first kappa shape index (κ1) is 20.1. The zero-order valence-electron chi connectivity index (χ0n) is 16.9. The number of hydrogen-bond donors (Lipinski definition) is 1. The number of benzene rings is 3. The summed E-state index contributed by atoms with van der Waals surface area (Å²) in [5.41, 5.74) is 0.204. The summed E-state index contributed by atoms with van der Waals surface area (Å²) in [6, 6.07) is 12.1. The number of carbonyl (C=O) groups excluding carboxylic acids is 1. The summed E-state index contributed by atoms with van der Waals surface area (Å²) < 4.78 is 26.9. The van der Waals surface area contributed by atoms with Gasteiger partial charge in [-0.3, -0.25) is 4.79 Å². The number of phenolic OH excluding ortho intramolecular Hbond substituents is 1. The van der Waals surface area contributed by atoms with E-state index in [2.05, 4.69) is 0 Å². The van der Waals surface area contributed by atoms with Crippen molar-refractivity contribution < 1.29 is 33.3 Å². The Hall–Kier alpha value is -4.20. The molecule has 0 fully saturated rings. The van der Waals surface area contributed by atoms with Crippen molar-refractivity contribution >= 4 is 27.9 Å². The SMILES string of the molecule is COc1cc(C(=O)Oc2cc(O)c3c(=O)c4ccccc4oc3c2)cc(OC)c1OC. The third-order valence-corrected chi connectivity index (χ3v) is 4.74. The lowest BCUT2D eigenvalue weighted by Crippen LogP contribution is -2.10. The monoisotopic (exact) mass is 422 g/mol. The van der Waals surface area contributed by atoms with Crippen LogP contribution in [-0.2, 0) is 0 Å². The summed E-state index contributed by atoms with van der Waals surface area (Å²) >= 11 is 0. The first-order chi connectivity index (χ1) is 15.0. The van der Waals surface area contributed by atoms with E-state index in [1.165, 1.54) is 45.6 Å². The van der Waals surface area contributed by atoms with Crippen LogP contribution in [0.2, 0.25) is 0 Å². The van der Waals surface area contributed by atoms with E-state index < -0.39 is 5.97 Å². The Morgan fingerprint density at radius 3 is 2.23 bits per heavy atom. The molecule has 0 amide bonds. The molecule has 0 radical (unpaired) electrons. The Bertz CT molecular complexity index is 1340. The van der Waals surface area contributed by atoms with Gasteiger partial charge >= 0.3 is 5.97 Å². The van der Waals surface area contributed by atoms with Crippen molar-refractivity contribution in [2.24, 2.45) is 0 Å². The molecule has 8 heteroatoms. The van der Waals surface area contributed by atoms with E-state index >= 15 is 0 Å². The van der Waals surface area contributed by atoms with Gasteiger partial charge in [0.1, 0.15) is 28.1 Å². The molecule has 4 aromatic rings. The van der Waals surface area contributed by atoms with Gasteiger partial charge in [0.05, 0.1) is 32.3 Å². The Morgan fingerprint density at radius 2 is 1.58 bits per heavy atom. The van der Waals surface area contributed by atoms with Crippen LogP contribution in [0.3, 0.4) is 0 Å². The van der Waals surface area contributed by atoms with Crippen LogP contribution in [0.4, 0.5) is 0 Å². The van der Waals surface area contributed by atoms with Gasteiger partial charge in [-0.05, 0) is 24.3 Å². The molecule has 0 aliphatic heterocycles. The van der Waals surface area contributed by atoms with Crippen molar-refractivity contribution in [1.29, 1.82) is 0 Å². The molecule has 8 nitrogen and oxygen atoms in total. The highest BCUT2D eigenvalue weighted by Crippen LogP contribution is 2.38. The number of hydrogen-bond acceptors (Lipinski definition) is 8. The number of aromatic hydroxyl groups is 1. The van der Waals surface area contributed by atoms with Crippen LogP contribution in [0, 0.1) is 0 Å². The summed E-state index contributed by atoms with van der Waals surface area (Å²) in [6.45, 7) is 0. The van der Waals surface area contributed by atoms with Gasteiger partial charge < -0.3 is 28.5 Å². The van der Waals surface area contributed by atoms with Crippen molar-refractivity contribution in [3.63, 3.8) is 0 Å². The van der Waals surface area contributed by atoms with Crippen LogP contribution in [0.5, 0.6) is 28.7 Å². The number of ether oxygens (including phenoxy) is 4. The maximum Gasteiger partial charge on any atom is 0.343 e. The molecule has 1 heterocycles. The second kappa shape index (κ2) is 7.91. The van der Waals surface area contributed by atoms with E-state index in [1.54, 1.807) is 24.3 Å². The molecule has 0 unspecified atom stereocenters. The van der Waals surface area contributed by atoms with Crippen molar-refractivity contribution in [3.8, 4) is 28.7 Å². The topological polar surface area (TPSA) is 104 Å². The fraction of sp³-hybridized carbons (Fsp3) is 0.130. The van der Waals surface area contributed by atoms with Gasteiger partial charge in [-0.1, -0.05) is 12.1 Å². The molecular formula is C23H18O8. The van der Waals surface area contributed by atoms with E-state index in [9.17, 15) is 14.7 Å². The van der Waals surface area contributed by atoms with Crippen molar-refractivity contribution in [1.82, 2.24) is 0 Å². The molecule has 1 aromatic heterocycles. The normalized spacial score (nSPS) is 10.8. The number of phenols is 1. The van der Waals surface area contributed by atoms with E-state index in [-0.39, 0.29) is 45.0 Å². The van der Waals surface area contributed by atoms with E-state index in [1.807, 2.05) is 0 Å². The summed E-state index contributed by atoms with van der Waals surface area (Å²) in [5.74, 6) is -0.188. The Morgan fingerprint density at radius 1 is 0.903 bits per heavy atom. The molecule has 0 bridgehead atoms. The molecule has 3 aromatic carbocycles. The molecule has 158 valence electrons. The van der Waals surface area contributed by atoms with Crippen molar-refractivity contribution in [2.75, 3.05) is 21.3 Å². The molecule has 0 atom stereocenters. The molecule has 0 saturated carbocycles. The van der Waals surface area contributed by atoms with E-state index in [4.69, 9.17) is 23.4 Å². The van der Waals surface area contributed by atoms with Gasteiger partial charge in [-0.15, -0.1) is 0 Å². The van der Waals surface area contributed by atoms with Crippen LogP contribution >= 0.6 is 0 Å². The second-order valence-electron chi connectivity index (χ2n) is 6.55. The van der Waals surface area contributed by atoms with Crippen LogP contribution in [0.15, 0.2) is 57.7 Å². The minimum atomic E-state index is -0.735. The number of para-hydroxylation sites is 1. The molecule has 0 aliphatic rings. The summed E-state index contributed by atoms with van der Waals surface area (Å²) in [4.78, 5) is 25.4. The molecule has 31 heavy (non-hydrogen) atoms. The summed E-state index contributed by atoms with van der Waals surface area (Å²) in [7, 11) is 4.31. The third-order valence-electron chi connectivity index (χ3n) is 4.74. The highest BCUT2D eigenvalue weighted by molar-refractivity contribution is 5.96. The predicted molar refractivity (Wildman–Crippen MR) is 113 cm³/mol. The second-order valence-corrected chi connectivity index (χ2v) is 6.55. The van der Waals surface area contributed by atoms with Crippen LogP contribution in [0.1, 0.15) is 10.4 Å².